The average Bonchev–Trinajstić information content (AvgIpc) is 2.61. The van der Waals surface area contributed by atoms with Crippen LogP contribution in [0.25, 0.3) is 0 Å². The van der Waals surface area contributed by atoms with Gasteiger partial charge in [-0.2, -0.15) is 0 Å². The van der Waals surface area contributed by atoms with Crippen LogP contribution in [-0.4, -0.2) is 29.3 Å². The molecule has 2 amide bonds. The number of halogens is 1. The summed E-state index contributed by atoms with van der Waals surface area (Å²) in [6.45, 7) is 4.29. The topological polar surface area (TPSA) is 49.4 Å². The molecule has 0 aliphatic heterocycles. The molecule has 0 spiro atoms. The van der Waals surface area contributed by atoms with Crippen molar-refractivity contribution in [3.05, 3.63) is 71.5 Å². The summed E-state index contributed by atoms with van der Waals surface area (Å²) in [4.78, 5) is 26.6. The smallest absolute Gasteiger partial charge is 0.242 e. The van der Waals surface area contributed by atoms with E-state index in [4.69, 9.17) is 0 Å². The molecule has 1 N–H and O–H groups in total. The van der Waals surface area contributed by atoms with E-state index >= 15 is 0 Å². The molecule has 0 radical (unpaired) electrons. The molecule has 0 fully saturated rings. The highest BCUT2D eigenvalue weighted by molar-refractivity contribution is 5.88. The van der Waals surface area contributed by atoms with Crippen LogP contribution in [-0.2, 0) is 22.6 Å². The highest BCUT2D eigenvalue weighted by Crippen LogP contribution is 2.13. The number of benzene rings is 2. The third-order valence-corrected chi connectivity index (χ3v) is 3.98. The van der Waals surface area contributed by atoms with Gasteiger partial charge in [0, 0.05) is 13.1 Å². The van der Waals surface area contributed by atoms with Crippen molar-refractivity contribution in [3.8, 4) is 0 Å². The van der Waals surface area contributed by atoms with Gasteiger partial charge in [0.2, 0.25) is 11.8 Å². The molecule has 0 heterocycles. The van der Waals surface area contributed by atoms with Crippen molar-refractivity contribution in [2.24, 2.45) is 0 Å². The van der Waals surface area contributed by atoms with Gasteiger partial charge in [0.15, 0.2) is 0 Å². The number of hydrogen-bond donors (Lipinski definition) is 1. The minimum atomic E-state index is -0.610. The summed E-state index contributed by atoms with van der Waals surface area (Å²) in [6, 6.07) is 14.8. The predicted octanol–water partition coefficient (Wildman–Crippen LogP) is 2.92. The maximum Gasteiger partial charge on any atom is 0.242 e. The van der Waals surface area contributed by atoms with Crippen LogP contribution in [0.1, 0.15) is 25.0 Å². The van der Waals surface area contributed by atoms with Gasteiger partial charge < -0.3 is 10.2 Å². The standard InChI is InChI=1S/C20H23FN2O2/c1-3-22-20(25)15(2)23(14-17-9-11-18(21)12-10-17)19(24)13-16-7-5-4-6-8-16/h4-12,15H,3,13-14H2,1-2H3,(H,22,25)/t15-/m0/s1. The first-order valence-corrected chi connectivity index (χ1v) is 8.36. The van der Waals surface area contributed by atoms with Crippen LogP contribution in [0.3, 0.4) is 0 Å². The Hall–Kier alpha value is -2.69. The third kappa shape index (κ3) is 5.41. The van der Waals surface area contributed by atoms with Crippen LogP contribution >= 0.6 is 0 Å². The van der Waals surface area contributed by atoms with E-state index in [0.717, 1.165) is 11.1 Å². The Morgan fingerprint density at radius 3 is 2.28 bits per heavy atom. The highest BCUT2D eigenvalue weighted by Gasteiger charge is 2.25. The zero-order chi connectivity index (χ0) is 18.2. The second-order valence-electron chi connectivity index (χ2n) is 5.88. The Kier molecular flexibility index (Phi) is 6.69. The van der Waals surface area contributed by atoms with E-state index in [0.29, 0.717) is 6.54 Å². The lowest BCUT2D eigenvalue weighted by Gasteiger charge is -2.28. The fourth-order valence-corrected chi connectivity index (χ4v) is 2.56. The van der Waals surface area contributed by atoms with E-state index in [1.807, 2.05) is 37.3 Å². The molecule has 25 heavy (non-hydrogen) atoms. The maximum absolute atomic E-state index is 13.1. The van der Waals surface area contributed by atoms with Crippen molar-refractivity contribution in [1.82, 2.24) is 10.2 Å². The Morgan fingerprint density at radius 1 is 1.04 bits per heavy atom. The zero-order valence-electron chi connectivity index (χ0n) is 14.5. The van der Waals surface area contributed by atoms with Crippen molar-refractivity contribution >= 4 is 11.8 Å². The van der Waals surface area contributed by atoms with Gasteiger partial charge in [0.05, 0.1) is 6.42 Å². The van der Waals surface area contributed by atoms with Gasteiger partial charge in [-0.25, -0.2) is 4.39 Å². The van der Waals surface area contributed by atoms with Crippen LogP contribution in [0.4, 0.5) is 4.39 Å². The number of hydrogen-bond acceptors (Lipinski definition) is 2. The van der Waals surface area contributed by atoms with Crippen LogP contribution in [0, 0.1) is 5.82 Å². The molecular formula is C20H23FN2O2. The van der Waals surface area contributed by atoms with Gasteiger partial charge in [0.25, 0.3) is 0 Å². The van der Waals surface area contributed by atoms with Gasteiger partial charge in [-0.05, 0) is 37.1 Å². The molecule has 2 aromatic carbocycles. The first-order chi connectivity index (χ1) is 12.0. The van der Waals surface area contributed by atoms with Gasteiger partial charge >= 0.3 is 0 Å². The molecule has 0 aromatic heterocycles. The normalized spacial score (nSPS) is 11.6. The number of amides is 2. The summed E-state index contributed by atoms with van der Waals surface area (Å²) in [6.07, 6.45) is 0.214. The van der Waals surface area contributed by atoms with Crippen LogP contribution < -0.4 is 5.32 Å². The summed E-state index contributed by atoms with van der Waals surface area (Å²) in [5.74, 6) is -0.678. The summed E-state index contributed by atoms with van der Waals surface area (Å²) < 4.78 is 13.1. The monoisotopic (exact) mass is 342 g/mol. The van der Waals surface area contributed by atoms with Gasteiger partial charge in [-0.1, -0.05) is 42.5 Å². The lowest BCUT2D eigenvalue weighted by molar-refractivity contribution is -0.140. The summed E-state index contributed by atoms with van der Waals surface area (Å²) in [7, 11) is 0. The van der Waals surface area contributed by atoms with Gasteiger partial charge in [-0.15, -0.1) is 0 Å². The van der Waals surface area contributed by atoms with Gasteiger partial charge in [0.1, 0.15) is 11.9 Å². The second kappa shape index (κ2) is 8.97. The van der Waals surface area contributed by atoms with E-state index in [-0.39, 0.29) is 30.6 Å². The fourth-order valence-electron chi connectivity index (χ4n) is 2.56. The lowest BCUT2D eigenvalue weighted by atomic mass is 10.1. The molecule has 0 saturated heterocycles. The molecule has 0 aliphatic rings. The fraction of sp³-hybridized carbons (Fsp3) is 0.300. The van der Waals surface area contributed by atoms with Crippen molar-refractivity contribution in [3.63, 3.8) is 0 Å². The SMILES string of the molecule is CCNC(=O)[C@H](C)N(Cc1ccc(F)cc1)C(=O)Cc1ccccc1. The molecule has 132 valence electrons. The maximum atomic E-state index is 13.1. The van der Waals surface area contributed by atoms with E-state index < -0.39 is 6.04 Å². The zero-order valence-corrected chi connectivity index (χ0v) is 14.5. The predicted molar refractivity (Wildman–Crippen MR) is 95.2 cm³/mol. The quantitative estimate of drug-likeness (QED) is 0.841. The van der Waals surface area contributed by atoms with Crippen molar-refractivity contribution < 1.29 is 14.0 Å². The summed E-state index contributed by atoms with van der Waals surface area (Å²) in [5.41, 5.74) is 1.67. The van der Waals surface area contributed by atoms with E-state index in [2.05, 4.69) is 5.32 Å². The van der Waals surface area contributed by atoms with E-state index in [1.54, 1.807) is 19.1 Å². The van der Waals surface area contributed by atoms with Crippen LogP contribution in [0.15, 0.2) is 54.6 Å². The highest BCUT2D eigenvalue weighted by atomic mass is 19.1. The second-order valence-corrected chi connectivity index (χ2v) is 5.88. The van der Waals surface area contributed by atoms with Gasteiger partial charge in [-0.3, -0.25) is 9.59 Å². The largest absolute Gasteiger partial charge is 0.355 e. The first-order valence-electron chi connectivity index (χ1n) is 8.36. The number of carbonyl (C=O) groups is 2. The average molecular weight is 342 g/mol. The lowest BCUT2D eigenvalue weighted by Crippen LogP contribution is -2.48. The molecule has 1 atom stereocenters. The number of nitrogens with one attached hydrogen (secondary N) is 1. The summed E-state index contributed by atoms with van der Waals surface area (Å²) in [5, 5.41) is 2.75. The minimum Gasteiger partial charge on any atom is -0.355 e. The summed E-state index contributed by atoms with van der Waals surface area (Å²) >= 11 is 0. The molecule has 2 rings (SSSR count). The number of rotatable bonds is 7. The number of carbonyl (C=O) groups excluding carboxylic acids is 2. The van der Waals surface area contributed by atoms with Crippen molar-refractivity contribution in [2.45, 2.75) is 32.9 Å². The minimum absolute atomic E-state index is 0.144. The first kappa shape index (κ1) is 18.6. The third-order valence-electron chi connectivity index (χ3n) is 3.98. The Balaban J connectivity index is 2.19. The Morgan fingerprint density at radius 2 is 1.68 bits per heavy atom. The molecule has 0 aliphatic carbocycles. The van der Waals surface area contributed by atoms with Crippen LogP contribution in [0.5, 0.6) is 0 Å². The van der Waals surface area contributed by atoms with E-state index in [9.17, 15) is 14.0 Å². The van der Waals surface area contributed by atoms with E-state index in [1.165, 1.54) is 17.0 Å². The Bertz CT molecular complexity index is 701. The number of likely N-dealkylation sites (N-methyl/N-ethyl adjacent to an activating group) is 1. The molecule has 4 nitrogen and oxygen atoms in total. The Labute approximate surface area is 147 Å². The molecule has 0 saturated carbocycles. The molecule has 0 unspecified atom stereocenters. The van der Waals surface area contributed by atoms with Crippen molar-refractivity contribution in [1.29, 1.82) is 0 Å². The molecular weight excluding hydrogens is 319 g/mol. The molecule has 2 aromatic rings. The van der Waals surface area contributed by atoms with Crippen molar-refractivity contribution in [2.75, 3.05) is 6.54 Å². The van der Waals surface area contributed by atoms with Crippen LogP contribution in [0.2, 0.25) is 0 Å². The molecule has 5 heteroatoms. The number of nitrogens with zero attached hydrogens (tertiary/aromatic N) is 1. The molecule has 0 bridgehead atoms.